The summed E-state index contributed by atoms with van der Waals surface area (Å²) in [5.41, 5.74) is 1.73. The lowest BCUT2D eigenvalue weighted by atomic mass is 9.89. The number of aromatic nitrogens is 2. The van der Waals surface area contributed by atoms with Gasteiger partial charge in [-0.1, -0.05) is 72.6 Å². The third-order valence-electron chi connectivity index (χ3n) is 5.17. The average Bonchev–Trinajstić information content (AvgIpc) is 3.02. The molecule has 0 spiro atoms. The van der Waals surface area contributed by atoms with Gasteiger partial charge in [0.1, 0.15) is 9.91 Å². The van der Waals surface area contributed by atoms with Gasteiger partial charge in [-0.25, -0.2) is 4.99 Å². The maximum Gasteiger partial charge on any atom is 0.231 e. The Bertz CT molecular complexity index is 873. The van der Waals surface area contributed by atoms with Crippen LogP contribution in [0.5, 0.6) is 0 Å². The van der Waals surface area contributed by atoms with Crippen LogP contribution in [0.3, 0.4) is 0 Å². The quantitative estimate of drug-likeness (QED) is 0.727. The number of thioether (sulfide) groups is 2. The van der Waals surface area contributed by atoms with Crippen LogP contribution in [-0.2, 0) is 16.1 Å². The Balaban J connectivity index is 1.43. The van der Waals surface area contributed by atoms with E-state index in [1.807, 2.05) is 18.2 Å². The molecule has 2 aromatic rings. The van der Waals surface area contributed by atoms with E-state index in [-0.39, 0.29) is 5.91 Å². The number of carbonyl (C=O) groups is 1. The van der Waals surface area contributed by atoms with Crippen LogP contribution < -0.4 is 5.32 Å². The highest BCUT2D eigenvalue weighted by Gasteiger charge is 2.38. The summed E-state index contributed by atoms with van der Waals surface area (Å²) >= 11 is 3.19. The molecule has 4 rings (SSSR count). The monoisotopic (exact) mass is 416 g/mol. The Hall–Kier alpha value is -1.80. The van der Waals surface area contributed by atoms with E-state index in [1.165, 1.54) is 30.2 Å². The molecule has 1 aromatic carbocycles. The molecule has 148 valence electrons. The SMILES string of the molecule is Cc1nc(C2(NC(=O)CSC3=Nc4ccccc4CS3)CCCCCC2)no1. The van der Waals surface area contributed by atoms with Crippen molar-refractivity contribution in [2.24, 2.45) is 4.99 Å². The van der Waals surface area contributed by atoms with Crippen molar-refractivity contribution in [3.63, 3.8) is 0 Å². The lowest BCUT2D eigenvalue weighted by Crippen LogP contribution is -2.47. The summed E-state index contributed by atoms with van der Waals surface area (Å²) in [6.45, 7) is 1.79. The van der Waals surface area contributed by atoms with Crippen LogP contribution >= 0.6 is 23.5 Å². The lowest BCUT2D eigenvalue weighted by molar-refractivity contribution is -0.120. The summed E-state index contributed by atoms with van der Waals surface area (Å²) in [7, 11) is 0. The molecule has 2 aliphatic rings. The lowest BCUT2D eigenvalue weighted by Gasteiger charge is -2.30. The van der Waals surface area contributed by atoms with Crippen LogP contribution in [0.2, 0.25) is 0 Å². The molecular formula is C20H24N4O2S2. The number of fused-ring (bicyclic) bond motifs is 1. The first-order valence-electron chi connectivity index (χ1n) is 9.69. The summed E-state index contributed by atoms with van der Waals surface area (Å²) in [4.78, 5) is 21.9. The number of aliphatic imine (C=N–C) groups is 1. The Morgan fingerprint density at radius 3 is 2.79 bits per heavy atom. The van der Waals surface area contributed by atoms with Gasteiger partial charge in [0, 0.05) is 12.7 Å². The van der Waals surface area contributed by atoms with Crippen LogP contribution in [-0.4, -0.2) is 26.2 Å². The standard InChI is InChI=1S/C20H24N4O2S2/c1-14-21-18(24-26-14)20(10-6-2-3-7-11-20)23-17(25)13-28-19-22-16-9-5-4-8-15(16)12-27-19/h4-5,8-9H,2-3,6-7,10-13H2,1H3,(H,23,25). The zero-order chi connectivity index (χ0) is 19.4. The Kier molecular flexibility index (Phi) is 6.06. The number of aryl methyl sites for hydroxylation is 1. The number of hydrogen-bond acceptors (Lipinski definition) is 7. The highest BCUT2D eigenvalue weighted by molar-refractivity contribution is 8.38. The fourth-order valence-electron chi connectivity index (χ4n) is 3.75. The summed E-state index contributed by atoms with van der Waals surface area (Å²) in [5.74, 6) is 2.39. The summed E-state index contributed by atoms with van der Waals surface area (Å²) in [5, 5.41) is 7.40. The smallest absolute Gasteiger partial charge is 0.231 e. The molecule has 0 atom stereocenters. The molecule has 0 saturated heterocycles. The molecule has 8 heteroatoms. The predicted octanol–water partition coefficient (Wildman–Crippen LogP) is 4.71. The zero-order valence-corrected chi connectivity index (χ0v) is 17.6. The predicted molar refractivity (Wildman–Crippen MR) is 114 cm³/mol. The molecule has 1 aliphatic carbocycles. The van der Waals surface area contributed by atoms with E-state index in [0.717, 1.165) is 41.5 Å². The largest absolute Gasteiger partial charge is 0.342 e. The van der Waals surface area contributed by atoms with E-state index in [2.05, 4.69) is 26.5 Å². The van der Waals surface area contributed by atoms with Gasteiger partial charge >= 0.3 is 0 Å². The topological polar surface area (TPSA) is 80.4 Å². The number of nitrogens with one attached hydrogen (secondary N) is 1. The molecule has 1 N–H and O–H groups in total. The van der Waals surface area contributed by atoms with E-state index in [9.17, 15) is 4.79 Å². The number of benzene rings is 1. The molecule has 6 nitrogen and oxygen atoms in total. The van der Waals surface area contributed by atoms with Crippen molar-refractivity contribution in [1.29, 1.82) is 0 Å². The van der Waals surface area contributed by atoms with Crippen LogP contribution in [0.15, 0.2) is 33.8 Å². The van der Waals surface area contributed by atoms with E-state index in [4.69, 9.17) is 4.52 Å². The molecule has 1 amide bonds. The van der Waals surface area contributed by atoms with E-state index < -0.39 is 5.54 Å². The molecule has 28 heavy (non-hydrogen) atoms. The first-order valence-corrected chi connectivity index (χ1v) is 11.7. The van der Waals surface area contributed by atoms with Gasteiger partial charge in [-0.05, 0) is 24.5 Å². The second-order valence-corrected chi connectivity index (χ2v) is 9.45. The molecule has 0 bridgehead atoms. The molecule has 1 aliphatic heterocycles. The normalized spacial score (nSPS) is 18.7. The van der Waals surface area contributed by atoms with Crippen molar-refractivity contribution in [1.82, 2.24) is 15.5 Å². The summed E-state index contributed by atoms with van der Waals surface area (Å²) in [6.07, 6.45) is 6.17. The first-order chi connectivity index (χ1) is 13.6. The number of amides is 1. The van der Waals surface area contributed by atoms with Gasteiger partial charge in [0.05, 0.1) is 11.4 Å². The molecule has 0 radical (unpaired) electrons. The number of carbonyl (C=O) groups excluding carboxylic acids is 1. The molecule has 2 heterocycles. The number of hydrogen-bond donors (Lipinski definition) is 1. The average molecular weight is 417 g/mol. The van der Waals surface area contributed by atoms with Crippen LogP contribution in [0.25, 0.3) is 0 Å². The van der Waals surface area contributed by atoms with Crippen molar-refractivity contribution in [2.45, 2.75) is 56.7 Å². The maximum absolute atomic E-state index is 12.8. The van der Waals surface area contributed by atoms with Gasteiger partial charge in [0.2, 0.25) is 11.8 Å². The van der Waals surface area contributed by atoms with Gasteiger partial charge in [-0.2, -0.15) is 4.98 Å². The van der Waals surface area contributed by atoms with Crippen molar-refractivity contribution in [3.05, 3.63) is 41.5 Å². The Morgan fingerprint density at radius 1 is 1.25 bits per heavy atom. The maximum atomic E-state index is 12.8. The third-order valence-corrected chi connectivity index (χ3v) is 7.42. The zero-order valence-electron chi connectivity index (χ0n) is 15.9. The van der Waals surface area contributed by atoms with Gasteiger partial charge < -0.3 is 9.84 Å². The molecule has 1 aromatic heterocycles. The minimum absolute atomic E-state index is 0.00323. The van der Waals surface area contributed by atoms with Crippen LogP contribution in [0.1, 0.15) is 55.8 Å². The van der Waals surface area contributed by atoms with Gasteiger partial charge in [-0.15, -0.1) is 0 Å². The van der Waals surface area contributed by atoms with Gasteiger partial charge in [0.25, 0.3) is 0 Å². The fourth-order valence-corrected chi connectivity index (χ4v) is 5.61. The molecule has 0 unspecified atom stereocenters. The van der Waals surface area contributed by atoms with Crippen molar-refractivity contribution >= 4 is 39.5 Å². The molecular weight excluding hydrogens is 392 g/mol. The number of rotatable bonds is 4. The number of para-hydroxylation sites is 1. The van der Waals surface area contributed by atoms with E-state index in [1.54, 1.807) is 18.7 Å². The van der Waals surface area contributed by atoms with E-state index in [0.29, 0.717) is 17.5 Å². The van der Waals surface area contributed by atoms with Crippen molar-refractivity contribution < 1.29 is 9.32 Å². The minimum Gasteiger partial charge on any atom is -0.342 e. The molecule has 1 saturated carbocycles. The Morgan fingerprint density at radius 2 is 2.04 bits per heavy atom. The van der Waals surface area contributed by atoms with Crippen LogP contribution in [0.4, 0.5) is 5.69 Å². The minimum atomic E-state index is -0.514. The van der Waals surface area contributed by atoms with Crippen molar-refractivity contribution in [2.75, 3.05) is 5.75 Å². The van der Waals surface area contributed by atoms with E-state index >= 15 is 0 Å². The highest BCUT2D eigenvalue weighted by Crippen LogP contribution is 2.36. The van der Waals surface area contributed by atoms with Crippen LogP contribution in [0, 0.1) is 6.92 Å². The molecule has 1 fully saturated rings. The summed E-state index contributed by atoms with van der Waals surface area (Å²) < 4.78 is 6.16. The number of nitrogens with zero attached hydrogens (tertiary/aromatic N) is 3. The van der Waals surface area contributed by atoms with Gasteiger partial charge in [-0.3, -0.25) is 4.79 Å². The third kappa shape index (κ3) is 4.43. The summed E-state index contributed by atoms with van der Waals surface area (Å²) in [6, 6.07) is 8.15. The fraction of sp³-hybridized carbons (Fsp3) is 0.500. The second kappa shape index (κ2) is 8.69. The van der Waals surface area contributed by atoms with Gasteiger partial charge in [0.15, 0.2) is 5.82 Å². The first kappa shape index (κ1) is 19.5. The highest BCUT2D eigenvalue weighted by atomic mass is 32.2. The second-order valence-electron chi connectivity index (χ2n) is 7.27. The Labute approximate surface area is 173 Å². The van der Waals surface area contributed by atoms with Crippen molar-refractivity contribution in [3.8, 4) is 0 Å².